The van der Waals surface area contributed by atoms with E-state index >= 15 is 0 Å². The fourth-order valence-electron chi connectivity index (χ4n) is 3.87. The van der Waals surface area contributed by atoms with Crippen molar-refractivity contribution in [1.82, 2.24) is 0 Å². The zero-order valence-electron chi connectivity index (χ0n) is 19.3. The van der Waals surface area contributed by atoms with E-state index in [-0.39, 0.29) is 5.56 Å². The van der Waals surface area contributed by atoms with Gasteiger partial charge in [-0.05, 0) is 44.3 Å². The highest BCUT2D eigenvalue weighted by atomic mass is 16.6. The minimum atomic E-state index is -0.730. The minimum Gasteiger partial charge on any atom is -0.258 e. The maximum Gasteiger partial charge on any atom is 0.277 e. The Kier molecular flexibility index (Phi) is 3.14. The molecule has 5 aromatic carbocycles. The molecule has 0 fully saturated rings. The highest BCUT2D eigenvalue weighted by Gasteiger charge is 2.18. The Bertz CT molecular complexity index is 1590. The van der Waals surface area contributed by atoms with Crippen LogP contribution in [0.4, 0.5) is 5.69 Å². The summed E-state index contributed by atoms with van der Waals surface area (Å²) in [7, 11) is 0. The third-order valence-electron chi connectivity index (χ3n) is 5.10. The number of rotatable bonds is 3. The molecule has 0 N–H and O–H groups in total. The Morgan fingerprint density at radius 1 is 0.655 bits per heavy atom. The van der Waals surface area contributed by atoms with E-state index in [1.165, 1.54) is 0 Å². The molecule has 0 amide bonds. The number of hydrogen-bond acceptors (Lipinski definition) is 2. The SMILES string of the molecule is [2H]c1c([2H])c([2H])c([N+](=O)[O-])c(-c2cccc3cccc(-c4cccc5ccccc45)c23)c1[2H]. The van der Waals surface area contributed by atoms with E-state index in [4.69, 9.17) is 5.48 Å². The van der Waals surface area contributed by atoms with E-state index < -0.39 is 34.8 Å². The van der Waals surface area contributed by atoms with Crippen LogP contribution in [-0.2, 0) is 0 Å². The van der Waals surface area contributed by atoms with Crippen molar-refractivity contribution >= 4 is 27.2 Å². The number of fused-ring (bicyclic) bond motifs is 2. The second-order valence-electron chi connectivity index (χ2n) is 6.72. The second-order valence-corrected chi connectivity index (χ2v) is 6.72. The summed E-state index contributed by atoms with van der Waals surface area (Å²) < 4.78 is 32.7. The summed E-state index contributed by atoms with van der Waals surface area (Å²) in [6.07, 6.45) is 0. The molecule has 0 aliphatic heterocycles. The van der Waals surface area contributed by atoms with Crippen molar-refractivity contribution in [3.05, 3.63) is 113 Å². The molecule has 138 valence electrons. The Morgan fingerprint density at radius 3 is 2.00 bits per heavy atom. The summed E-state index contributed by atoms with van der Waals surface area (Å²) in [5, 5.41) is 15.5. The van der Waals surface area contributed by atoms with Crippen molar-refractivity contribution in [2.24, 2.45) is 0 Å². The van der Waals surface area contributed by atoms with Crippen LogP contribution in [0.5, 0.6) is 0 Å². The van der Waals surface area contributed by atoms with Crippen LogP contribution in [-0.4, -0.2) is 4.92 Å². The van der Waals surface area contributed by atoms with Gasteiger partial charge in [0.15, 0.2) is 0 Å². The van der Waals surface area contributed by atoms with Crippen LogP contribution in [0, 0.1) is 10.1 Å². The molecule has 0 aliphatic carbocycles. The summed E-state index contributed by atoms with van der Waals surface area (Å²) in [4.78, 5) is 11.2. The van der Waals surface area contributed by atoms with Gasteiger partial charge in [0.1, 0.15) is 0 Å². The molecule has 0 radical (unpaired) electrons. The van der Waals surface area contributed by atoms with Gasteiger partial charge >= 0.3 is 0 Å². The number of hydrogen-bond donors (Lipinski definition) is 0. The molecule has 5 aromatic rings. The highest BCUT2D eigenvalue weighted by molar-refractivity contribution is 6.11. The van der Waals surface area contributed by atoms with E-state index in [1.807, 2.05) is 66.7 Å². The van der Waals surface area contributed by atoms with E-state index in [2.05, 4.69) is 0 Å². The van der Waals surface area contributed by atoms with E-state index in [1.54, 1.807) is 12.1 Å². The first kappa shape index (κ1) is 13.2. The monoisotopic (exact) mass is 379 g/mol. The number of benzene rings is 5. The van der Waals surface area contributed by atoms with Crippen molar-refractivity contribution in [2.75, 3.05) is 0 Å². The molecule has 0 aliphatic rings. The quantitative estimate of drug-likeness (QED) is 0.245. The van der Waals surface area contributed by atoms with Crippen LogP contribution >= 0.6 is 0 Å². The maximum atomic E-state index is 12.0. The predicted octanol–water partition coefficient (Wildman–Crippen LogP) is 7.24. The first-order valence-corrected chi connectivity index (χ1v) is 9.15. The largest absolute Gasteiger partial charge is 0.277 e. The van der Waals surface area contributed by atoms with Gasteiger partial charge in [-0.1, -0.05) is 90.9 Å². The van der Waals surface area contributed by atoms with Crippen LogP contribution in [0.15, 0.2) is 103 Å². The average Bonchev–Trinajstić information content (AvgIpc) is 2.83. The molecule has 3 heteroatoms. The van der Waals surface area contributed by atoms with E-state index in [0.29, 0.717) is 10.9 Å². The van der Waals surface area contributed by atoms with Crippen molar-refractivity contribution < 1.29 is 10.4 Å². The van der Waals surface area contributed by atoms with Crippen LogP contribution in [0.25, 0.3) is 43.8 Å². The van der Waals surface area contributed by atoms with Gasteiger partial charge in [-0.3, -0.25) is 10.1 Å². The Hall–Kier alpha value is -3.98. The Morgan fingerprint density at radius 2 is 1.24 bits per heavy atom. The third kappa shape index (κ3) is 2.84. The summed E-state index contributed by atoms with van der Waals surface area (Å²) in [6.45, 7) is 0. The lowest BCUT2D eigenvalue weighted by Crippen LogP contribution is -1.93. The second kappa shape index (κ2) is 6.88. The molecule has 29 heavy (non-hydrogen) atoms. The predicted molar refractivity (Wildman–Crippen MR) is 119 cm³/mol. The fraction of sp³-hybridized carbons (Fsp3) is 0. The molecule has 0 bridgehead atoms. The minimum absolute atomic E-state index is 0.107. The van der Waals surface area contributed by atoms with E-state index in [0.717, 1.165) is 27.3 Å². The van der Waals surface area contributed by atoms with Gasteiger partial charge < -0.3 is 0 Å². The first-order valence-electron chi connectivity index (χ1n) is 11.1. The van der Waals surface area contributed by atoms with Gasteiger partial charge in [0.2, 0.25) is 0 Å². The Labute approximate surface area is 173 Å². The topological polar surface area (TPSA) is 43.1 Å². The molecule has 0 saturated heterocycles. The summed E-state index contributed by atoms with van der Waals surface area (Å²) >= 11 is 0. The lowest BCUT2D eigenvalue weighted by molar-refractivity contribution is -0.384. The molecule has 0 saturated carbocycles. The smallest absolute Gasteiger partial charge is 0.258 e. The van der Waals surface area contributed by atoms with Gasteiger partial charge in [-0.2, -0.15) is 0 Å². The van der Waals surface area contributed by atoms with Gasteiger partial charge in [0.05, 0.1) is 16.0 Å². The highest BCUT2D eigenvalue weighted by Crippen LogP contribution is 2.41. The van der Waals surface area contributed by atoms with Crippen LogP contribution in [0.2, 0.25) is 0 Å². The van der Waals surface area contributed by atoms with Gasteiger partial charge in [-0.15, -0.1) is 0 Å². The standard InChI is InChI=1S/C26H17NO2/c28-27(29)25-17-4-3-13-22(25)24-16-7-11-19-10-6-15-23(26(19)24)21-14-5-9-18-8-1-2-12-20(18)21/h1-17H/i3D,4D,13D,17D. The normalized spacial score (nSPS) is 13.0. The average molecular weight is 379 g/mol. The molecule has 5 rings (SSSR count). The van der Waals surface area contributed by atoms with Crippen molar-refractivity contribution in [3.8, 4) is 22.3 Å². The molecule has 0 heterocycles. The van der Waals surface area contributed by atoms with Crippen LogP contribution in [0.1, 0.15) is 5.48 Å². The first-order chi connectivity index (χ1) is 15.9. The fourth-order valence-corrected chi connectivity index (χ4v) is 3.87. The Balaban J connectivity index is 1.96. The van der Waals surface area contributed by atoms with Crippen molar-refractivity contribution in [3.63, 3.8) is 0 Å². The van der Waals surface area contributed by atoms with Crippen molar-refractivity contribution in [2.45, 2.75) is 0 Å². The van der Waals surface area contributed by atoms with E-state index in [9.17, 15) is 10.1 Å². The van der Waals surface area contributed by atoms with Crippen LogP contribution in [0.3, 0.4) is 0 Å². The summed E-state index contributed by atoms with van der Waals surface area (Å²) in [5.41, 5.74) is 1.44. The number of nitro benzene ring substituents is 1. The molecule has 0 aromatic heterocycles. The molecular weight excluding hydrogens is 358 g/mol. The summed E-state index contributed by atoms with van der Waals surface area (Å²) in [5.74, 6) is 0. The molecule has 0 atom stereocenters. The summed E-state index contributed by atoms with van der Waals surface area (Å²) in [6, 6.07) is 22.8. The number of nitrogens with zero attached hydrogens (tertiary/aromatic N) is 1. The molecule has 3 nitrogen and oxygen atoms in total. The van der Waals surface area contributed by atoms with Gasteiger partial charge in [0.25, 0.3) is 5.69 Å². The number of para-hydroxylation sites is 1. The van der Waals surface area contributed by atoms with Gasteiger partial charge in [0, 0.05) is 6.04 Å². The van der Waals surface area contributed by atoms with Gasteiger partial charge in [-0.25, -0.2) is 0 Å². The third-order valence-corrected chi connectivity index (χ3v) is 5.10. The van der Waals surface area contributed by atoms with Crippen molar-refractivity contribution in [1.29, 1.82) is 0 Å². The lowest BCUT2D eigenvalue weighted by atomic mass is 9.89. The lowest BCUT2D eigenvalue weighted by Gasteiger charge is -2.14. The van der Waals surface area contributed by atoms with Crippen LogP contribution < -0.4 is 0 Å². The zero-order valence-corrected chi connectivity index (χ0v) is 15.3. The number of nitro groups is 1. The maximum absolute atomic E-state index is 12.0. The zero-order chi connectivity index (χ0) is 23.3. The molecular formula is C26H17NO2. The molecule has 0 spiro atoms. The molecule has 0 unspecified atom stereocenters.